The zero-order valence-electron chi connectivity index (χ0n) is 10.9. The van der Waals surface area contributed by atoms with E-state index in [4.69, 9.17) is 10.3 Å². The lowest BCUT2D eigenvalue weighted by Gasteiger charge is -2.31. The molecule has 0 atom stereocenters. The zero-order valence-corrected chi connectivity index (χ0v) is 10.9. The van der Waals surface area contributed by atoms with Gasteiger partial charge in [-0.15, -0.1) is 0 Å². The van der Waals surface area contributed by atoms with E-state index in [-0.39, 0.29) is 5.54 Å². The van der Waals surface area contributed by atoms with Crippen LogP contribution in [0, 0.1) is 0 Å². The van der Waals surface area contributed by atoms with Crippen molar-refractivity contribution in [1.29, 1.82) is 0 Å². The van der Waals surface area contributed by atoms with Crippen molar-refractivity contribution in [3.8, 4) is 0 Å². The summed E-state index contributed by atoms with van der Waals surface area (Å²) in [5, 5.41) is 4.08. The largest absolute Gasteiger partial charge is 0.338 e. The Morgan fingerprint density at radius 2 is 1.83 bits per heavy atom. The Hall–Kier alpha value is -1.10. The topological polar surface area (TPSA) is 68.2 Å². The van der Waals surface area contributed by atoms with Gasteiger partial charge in [0.25, 0.3) is 5.95 Å². The van der Waals surface area contributed by atoms with Gasteiger partial charge < -0.3 is 15.2 Å². The summed E-state index contributed by atoms with van der Waals surface area (Å²) < 4.78 is 5.36. The van der Waals surface area contributed by atoms with Crippen molar-refractivity contribution in [3.05, 3.63) is 5.89 Å². The maximum absolute atomic E-state index is 6.41. The first-order chi connectivity index (χ1) is 8.75. The predicted molar refractivity (Wildman–Crippen MR) is 69.5 cm³/mol. The van der Waals surface area contributed by atoms with Gasteiger partial charge in [-0.25, -0.2) is 0 Å². The summed E-state index contributed by atoms with van der Waals surface area (Å²) in [7, 11) is 0. The van der Waals surface area contributed by atoms with Crippen LogP contribution >= 0.6 is 0 Å². The molecule has 3 rings (SSSR count). The van der Waals surface area contributed by atoms with Gasteiger partial charge >= 0.3 is 0 Å². The minimum Gasteiger partial charge on any atom is -0.338 e. The predicted octanol–water partition coefficient (Wildman–Crippen LogP) is 1.87. The average molecular weight is 250 g/mol. The number of anilines is 1. The number of aromatic nitrogens is 2. The first kappa shape index (κ1) is 12.0. The molecule has 0 amide bonds. The van der Waals surface area contributed by atoms with Crippen molar-refractivity contribution in [1.82, 2.24) is 10.1 Å². The van der Waals surface area contributed by atoms with E-state index in [0.29, 0.717) is 5.89 Å². The van der Waals surface area contributed by atoms with Crippen molar-refractivity contribution in [2.45, 2.75) is 56.9 Å². The second-order valence-electron chi connectivity index (χ2n) is 5.78. The molecule has 2 N–H and O–H groups in total. The van der Waals surface area contributed by atoms with E-state index in [0.717, 1.165) is 38.3 Å². The normalized spacial score (nSPS) is 23.5. The molecule has 100 valence electrons. The number of hydrogen-bond acceptors (Lipinski definition) is 5. The fourth-order valence-electron chi connectivity index (χ4n) is 3.10. The van der Waals surface area contributed by atoms with Crippen molar-refractivity contribution in [3.63, 3.8) is 0 Å². The highest BCUT2D eigenvalue weighted by atomic mass is 16.5. The van der Waals surface area contributed by atoms with E-state index in [2.05, 4.69) is 15.0 Å². The van der Waals surface area contributed by atoms with Crippen LogP contribution in [-0.2, 0) is 6.42 Å². The van der Waals surface area contributed by atoms with Crippen LogP contribution in [0.3, 0.4) is 0 Å². The van der Waals surface area contributed by atoms with Gasteiger partial charge in [0, 0.05) is 25.0 Å². The molecule has 5 nitrogen and oxygen atoms in total. The molecule has 1 aromatic rings. The van der Waals surface area contributed by atoms with Crippen molar-refractivity contribution in [2.75, 3.05) is 18.0 Å². The molecular weight excluding hydrogens is 228 g/mol. The summed E-state index contributed by atoms with van der Waals surface area (Å²) in [5.41, 5.74) is 6.29. The highest BCUT2D eigenvalue weighted by Crippen LogP contribution is 2.29. The number of nitrogens with two attached hydrogens (primary N) is 1. The summed E-state index contributed by atoms with van der Waals surface area (Å²) in [6, 6.07) is 0. The lowest BCUT2D eigenvalue weighted by atomic mass is 9.80. The molecule has 5 heteroatoms. The maximum atomic E-state index is 6.41. The second-order valence-corrected chi connectivity index (χ2v) is 5.78. The molecule has 0 radical (unpaired) electrons. The first-order valence-corrected chi connectivity index (χ1v) is 7.12. The Labute approximate surface area is 108 Å². The summed E-state index contributed by atoms with van der Waals surface area (Å²) in [6.07, 6.45) is 9.10. The van der Waals surface area contributed by atoms with Gasteiger partial charge in [0.15, 0.2) is 0 Å². The Bertz CT molecular complexity index is 391. The Kier molecular flexibility index (Phi) is 3.24. The van der Waals surface area contributed by atoms with Gasteiger partial charge in [-0.2, -0.15) is 4.98 Å². The molecule has 2 aliphatic rings. The standard InChI is InChI=1S/C13H22N4O/c14-13(6-2-1-3-7-13)10-11-15-12(16-18-11)17-8-4-5-9-17/h1-10,14H2. The molecule has 18 heavy (non-hydrogen) atoms. The Morgan fingerprint density at radius 1 is 1.11 bits per heavy atom. The fraction of sp³-hybridized carbons (Fsp3) is 0.846. The molecule has 0 unspecified atom stereocenters. The third kappa shape index (κ3) is 2.51. The van der Waals surface area contributed by atoms with Gasteiger partial charge in [-0.05, 0) is 30.8 Å². The van der Waals surface area contributed by atoms with E-state index in [1.165, 1.54) is 32.1 Å². The Morgan fingerprint density at radius 3 is 2.56 bits per heavy atom. The molecule has 1 aliphatic heterocycles. The number of hydrogen-bond donors (Lipinski definition) is 1. The van der Waals surface area contributed by atoms with Crippen LogP contribution in [0.4, 0.5) is 5.95 Å². The lowest BCUT2D eigenvalue weighted by Crippen LogP contribution is -2.43. The third-order valence-corrected chi connectivity index (χ3v) is 4.20. The summed E-state index contributed by atoms with van der Waals surface area (Å²) in [4.78, 5) is 6.69. The maximum Gasteiger partial charge on any atom is 0.266 e. The van der Waals surface area contributed by atoms with Crippen LogP contribution in [0.25, 0.3) is 0 Å². The van der Waals surface area contributed by atoms with Gasteiger partial charge in [0.05, 0.1) is 0 Å². The smallest absolute Gasteiger partial charge is 0.266 e. The summed E-state index contributed by atoms with van der Waals surface area (Å²) in [6.45, 7) is 2.10. The summed E-state index contributed by atoms with van der Waals surface area (Å²) >= 11 is 0. The van der Waals surface area contributed by atoms with E-state index in [9.17, 15) is 0 Å². The summed E-state index contributed by atoms with van der Waals surface area (Å²) in [5.74, 6) is 1.46. The SMILES string of the molecule is NC1(Cc2nc(N3CCCC3)no2)CCCCC1. The van der Waals surface area contributed by atoms with Crippen LogP contribution in [0.15, 0.2) is 4.52 Å². The molecule has 1 saturated carbocycles. The molecule has 1 aromatic heterocycles. The van der Waals surface area contributed by atoms with Gasteiger partial charge in [0.1, 0.15) is 0 Å². The zero-order chi connectivity index (χ0) is 12.4. The molecule has 1 aliphatic carbocycles. The monoisotopic (exact) mass is 250 g/mol. The molecule has 0 bridgehead atoms. The molecule has 0 aromatic carbocycles. The quantitative estimate of drug-likeness (QED) is 0.887. The number of nitrogens with zero attached hydrogens (tertiary/aromatic N) is 3. The molecular formula is C13H22N4O. The molecule has 0 spiro atoms. The molecule has 1 saturated heterocycles. The first-order valence-electron chi connectivity index (χ1n) is 7.12. The number of rotatable bonds is 3. The fourth-order valence-corrected chi connectivity index (χ4v) is 3.10. The Balaban J connectivity index is 1.65. The minimum absolute atomic E-state index is 0.118. The highest BCUT2D eigenvalue weighted by molar-refractivity contribution is 5.29. The van der Waals surface area contributed by atoms with E-state index in [1.54, 1.807) is 0 Å². The minimum atomic E-state index is -0.118. The van der Waals surface area contributed by atoms with E-state index < -0.39 is 0 Å². The highest BCUT2D eigenvalue weighted by Gasteiger charge is 2.30. The van der Waals surface area contributed by atoms with Crippen molar-refractivity contribution < 1.29 is 4.52 Å². The average Bonchev–Trinajstić information content (AvgIpc) is 2.99. The van der Waals surface area contributed by atoms with E-state index >= 15 is 0 Å². The molecule has 2 fully saturated rings. The van der Waals surface area contributed by atoms with Crippen LogP contribution in [-0.4, -0.2) is 28.8 Å². The van der Waals surface area contributed by atoms with Crippen LogP contribution < -0.4 is 10.6 Å². The van der Waals surface area contributed by atoms with Crippen LogP contribution in [0.2, 0.25) is 0 Å². The van der Waals surface area contributed by atoms with Crippen molar-refractivity contribution >= 4 is 5.95 Å². The second kappa shape index (κ2) is 4.88. The van der Waals surface area contributed by atoms with Gasteiger partial charge in [-0.3, -0.25) is 0 Å². The van der Waals surface area contributed by atoms with E-state index in [1.807, 2.05) is 0 Å². The molecule has 2 heterocycles. The van der Waals surface area contributed by atoms with Gasteiger partial charge in [-0.1, -0.05) is 19.3 Å². The van der Waals surface area contributed by atoms with Crippen molar-refractivity contribution in [2.24, 2.45) is 5.73 Å². The lowest BCUT2D eigenvalue weighted by molar-refractivity contribution is 0.261. The van der Waals surface area contributed by atoms with Crippen LogP contribution in [0.5, 0.6) is 0 Å². The third-order valence-electron chi connectivity index (χ3n) is 4.20. The van der Waals surface area contributed by atoms with Crippen LogP contribution in [0.1, 0.15) is 50.8 Å². The van der Waals surface area contributed by atoms with Gasteiger partial charge in [0.2, 0.25) is 5.89 Å².